The lowest BCUT2D eigenvalue weighted by molar-refractivity contribution is -0.156. The second-order valence-electron chi connectivity index (χ2n) is 6.04. The van der Waals surface area contributed by atoms with Crippen LogP contribution in [0.25, 0.3) is 0 Å². The molecule has 0 spiro atoms. The van der Waals surface area contributed by atoms with Gasteiger partial charge in [-0.3, -0.25) is 24.1 Å². The molecule has 2 heterocycles. The number of para-hydroxylation sites is 2. The van der Waals surface area contributed by atoms with Gasteiger partial charge in [-0.05, 0) is 25.5 Å². The van der Waals surface area contributed by atoms with Crippen LogP contribution in [0.4, 0.5) is 11.4 Å². The highest BCUT2D eigenvalue weighted by atomic mass is 16.5. The standard InChI is InChI=1S/C17H19N3O5/c1-11(25-16(23)10-19-8-4-7-15(19)22)17(24)20-9-14(21)18-12-5-2-3-6-13(12)20/h2-3,5-6,11H,4,7-10H2,1H3,(H,18,21)/t11-/m0/s1. The van der Waals surface area contributed by atoms with Gasteiger partial charge in [-0.2, -0.15) is 0 Å². The van der Waals surface area contributed by atoms with Crippen molar-refractivity contribution in [1.82, 2.24) is 4.90 Å². The Labute approximate surface area is 144 Å². The van der Waals surface area contributed by atoms with Gasteiger partial charge in [-0.15, -0.1) is 0 Å². The summed E-state index contributed by atoms with van der Waals surface area (Å²) in [5.74, 6) is -1.51. The number of nitrogens with zero attached hydrogens (tertiary/aromatic N) is 2. The molecule has 1 saturated heterocycles. The first-order valence-corrected chi connectivity index (χ1v) is 8.13. The Morgan fingerprint density at radius 2 is 2.04 bits per heavy atom. The summed E-state index contributed by atoms with van der Waals surface area (Å²) in [6, 6.07) is 6.92. The van der Waals surface area contributed by atoms with Gasteiger partial charge in [-0.1, -0.05) is 12.1 Å². The molecule has 3 rings (SSSR count). The molecular weight excluding hydrogens is 326 g/mol. The molecule has 2 aliphatic heterocycles. The minimum Gasteiger partial charge on any atom is -0.451 e. The van der Waals surface area contributed by atoms with Crippen LogP contribution < -0.4 is 10.2 Å². The Morgan fingerprint density at radius 1 is 1.28 bits per heavy atom. The van der Waals surface area contributed by atoms with Crippen molar-refractivity contribution in [3.63, 3.8) is 0 Å². The van der Waals surface area contributed by atoms with E-state index in [1.807, 2.05) is 0 Å². The number of carbonyl (C=O) groups is 4. The highest BCUT2D eigenvalue weighted by molar-refractivity contribution is 6.11. The summed E-state index contributed by atoms with van der Waals surface area (Å²) in [4.78, 5) is 50.7. The van der Waals surface area contributed by atoms with Gasteiger partial charge < -0.3 is 15.0 Å². The van der Waals surface area contributed by atoms with Crippen molar-refractivity contribution >= 4 is 35.1 Å². The van der Waals surface area contributed by atoms with Gasteiger partial charge in [0.25, 0.3) is 5.91 Å². The van der Waals surface area contributed by atoms with Crippen LogP contribution in [0, 0.1) is 0 Å². The fourth-order valence-electron chi connectivity index (χ4n) is 2.96. The average Bonchev–Trinajstić information content (AvgIpc) is 2.98. The SMILES string of the molecule is C[C@H](OC(=O)CN1CCCC1=O)C(=O)N1CC(=O)Nc2ccccc21. The van der Waals surface area contributed by atoms with Crippen molar-refractivity contribution in [1.29, 1.82) is 0 Å². The molecule has 1 aromatic carbocycles. The molecule has 1 N–H and O–H groups in total. The zero-order valence-electron chi connectivity index (χ0n) is 13.9. The number of hydrogen-bond donors (Lipinski definition) is 1. The van der Waals surface area contributed by atoms with Gasteiger partial charge in [-0.25, -0.2) is 0 Å². The zero-order chi connectivity index (χ0) is 18.0. The van der Waals surface area contributed by atoms with Gasteiger partial charge in [0.2, 0.25) is 11.8 Å². The van der Waals surface area contributed by atoms with Crippen molar-refractivity contribution in [2.45, 2.75) is 25.9 Å². The fraction of sp³-hybridized carbons (Fsp3) is 0.412. The van der Waals surface area contributed by atoms with E-state index in [9.17, 15) is 19.2 Å². The molecule has 8 nitrogen and oxygen atoms in total. The molecule has 0 aliphatic carbocycles. The van der Waals surface area contributed by atoms with Crippen LogP contribution in [-0.2, 0) is 23.9 Å². The lowest BCUT2D eigenvalue weighted by atomic mass is 10.1. The third-order valence-electron chi connectivity index (χ3n) is 4.18. The average molecular weight is 345 g/mol. The maximum Gasteiger partial charge on any atom is 0.326 e. The lowest BCUT2D eigenvalue weighted by Gasteiger charge is -2.30. The molecule has 132 valence electrons. The second-order valence-corrected chi connectivity index (χ2v) is 6.04. The van der Waals surface area contributed by atoms with Crippen LogP contribution in [0.15, 0.2) is 24.3 Å². The number of fused-ring (bicyclic) bond motifs is 1. The van der Waals surface area contributed by atoms with E-state index in [2.05, 4.69) is 5.32 Å². The van der Waals surface area contributed by atoms with Crippen LogP contribution in [0.2, 0.25) is 0 Å². The molecule has 8 heteroatoms. The maximum atomic E-state index is 12.6. The van der Waals surface area contributed by atoms with Crippen LogP contribution in [0.1, 0.15) is 19.8 Å². The van der Waals surface area contributed by atoms with E-state index in [0.717, 1.165) is 6.42 Å². The van der Waals surface area contributed by atoms with Crippen molar-refractivity contribution < 1.29 is 23.9 Å². The maximum absolute atomic E-state index is 12.6. The van der Waals surface area contributed by atoms with Gasteiger partial charge >= 0.3 is 5.97 Å². The van der Waals surface area contributed by atoms with E-state index in [4.69, 9.17) is 4.74 Å². The van der Waals surface area contributed by atoms with Crippen molar-refractivity contribution in [3.8, 4) is 0 Å². The number of rotatable bonds is 4. The van der Waals surface area contributed by atoms with E-state index in [0.29, 0.717) is 24.3 Å². The number of nitrogens with one attached hydrogen (secondary N) is 1. The molecule has 25 heavy (non-hydrogen) atoms. The minimum absolute atomic E-state index is 0.0856. The minimum atomic E-state index is -1.05. The highest BCUT2D eigenvalue weighted by Crippen LogP contribution is 2.29. The monoisotopic (exact) mass is 345 g/mol. The molecule has 0 radical (unpaired) electrons. The number of likely N-dealkylation sites (tertiary alicyclic amines) is 1. The normalized spacial score (nSPS) is 17.8. The van der Waals surface area contributed by atoms with Crippen molar-refractivity contribution in [2.75, 3.05) is 29.9 Å². The topological polar surface area (TPSA) is 96.0 Å². The first-order chi connectivity index (χ1) is 12.0. The zero-order valence-corrected chi connectivity index (χ0v) is 13.9. The lowest BCUT2D eigenvalue weighted by Crippen LogP contribution is -2.47. The molecule has 0 bridgehead atoms. The van der Waals surface area contributed by atoms with Gasteiger partial charge in [0.15, 0.2) is 6.10 Å². The van der Waals surface area contributed by atoms with Crippen molar-refractivity contribution in [2.24, 2.45) is 0 Å². The molecule has 3 amide bonds. The number of amides is 3. The van der Waals surface area contributed by atoms with E-state index in [1.165, 1.54) is 16.7 Å². The number of anilines is 2. The largest absolute Gasteiger partial charge is 0.451 e. The highest BCUT2D eigenvalue weighted by Gasteiger charge is 2.32. The van der Waals surface area contributed by atoms with Crippen LogP contribution in [-0.4, -0.2) is 54.3 Å². The molecule has 0 saturated carbocycles. The molecule has 1 fully saturated rings. The smallest absolute Gasteiger partial charge is 0.326 e. The molecule has 1 aromatic rings. The molecule has 0 aromatic heterocycles. The number of benzene rings is 1. The molecule has 0 unspecified atom stereocenters. The third kappa shape index (κ3) is 3.62. The van der Waals surface area contributed by atoms with Gasteiger partial charge in [0.05, 0.1) is 11.4 Å². The van der Waals surface area contributed by atoms with E-state index in [-0.39, 0.29) is 24.9 Å². The number of ether oxygens (including phenoxy) is 1. The number of hydrogen-bond acceptors (Lipinski definition) is 5. The summed E-state index contributed by atoms with van der Waals surface area (Å²) in [5.41, 5.74) is 1.10. The first kappa shape index (κ1) is 16.9. The Hall–Kier alpha value is -2.90. The first-order valence-electron chi connectivity index (χ1n) is 8.13. The van der Waals surface area contributed by atoms with Crippen LogP contribution in [0.5, 0.6) is 0 Å². The summed E-state index contributed by atoms with van der Waals surface area (Å²) >= 11 is 0. The third-order valence-corrected chi connectivity index (χ3v) is 4.18. The Kier molecular flexibility index (Phi) is 4.69. The Bertz CT molecular complexity index is 733. The molecular formula is C17H19N3O5. The van der Waals surface area contributed by atoms with Crippen molar-refractivity contribution in [3.05, 3.63) is 24.3 Å². The molecule has 1 atom stereocenters. The Morgan fingerprint density at radius 3 is 2.76 bits per heavy atom. The second kappa shape index (κ2) is 6.92. The number of carbonyl (C=O) groups excluding carboxylic acids is 4. The predicted octanol–water partition coefficient (Wildman–Crippen LogP) is 0.526. The summed E-state index contributed by atoms with van der Waals surface area (Å²) in [6.45, 7) is 1.69. The fourth-order valence-corrected chi connectivity index (χ4v) is 2.96. The summed E-state index contributed by atoms with van der Waals surface area (Å²) < 4.78 is 5.17. The van der Waals surface area contributed by atoms with E-state index < -0.39 is 18.0 Å². The van der Waals surface area contributed by atoms with Gasteiger partial charge in [0.1, 0.15) is 13.1 Å². The Balaban J connectivity index is 1.65. The van der Waals surface area contributed by atoms with Gasteiger partial charge in [0, 0.05) is 13.0 Å². The quantitative estimate of drug-likeness (QED) is 0.803. The summed E-state index contributed by atoms with van der Waals surface area (Å²) in [7, 11) is 0. The van der Waals surface area contributed by atoms with E-state index in [1.54, 1.807) is 24.3 Å². The predicted molar refractivity (Wildman–Crippen MR) is 88.8 cm³/mol. The summed E-state index contributed by atoms with van der Waals surface area (Å²) in [5, 5.41) is 2.69. The summed E-state index contributed by atoms with van der Waals surface area (Å²) in [6.07, 6.45) is 0.103. The number of esters is 1. The molecule has 2 aliphatic rings. The van der Waals surface area contributed by atoms with Crippen LogP contribution in [0.3, 0.4) is 0 Å². The van der Waals surface area contributed by atoms with Crippen LogP contribution >= 0.6 is 0 Å². The van der Waals surface area contributed by atoms with E-state index >= 15 is 0 Å².